The summed E-state index contributed by atoms with van der Waals surface area (Å²) in [5.74, 6) is 0.411. The molecule has 1 saturated carbocycles. The summed E-state index contributed by atoms with van der Waals surface area (Å²) in [6.45, 7) is 3.50. The molecule has 4 heteroatoms. The number of hydrogen-bond donors (Lipinski definition) is 1. The average Bonchev–Trinajstić information content (AvgIpc) is 2.78. The van der Waals surface area contributed by atoms with Crippen molar-refractivity contribution >= 4 is 11.8 Å². The summed E-state index contributed by atoms with van der Waals surface area (Å²) < 4.78 is 4.89. The van der Waals surface area contributed by atoms with Gasteiger partial charge in [0.1, 0.15) is 11.3 Å². The predicted octanol–water partition coefficient (Wildman–Crippen LogP) is 2.07. The molecule has 0 aromatic rings. The van der Waals surface area contributed by atoms with Gasteiger partial charge < -0.3 is 4.74 Å². The first-order valence-corrected chi connectivity index (χ1v) is 7.34. The van der Waals surface area contributed by atoms with Crippen molar-refractivity contribution in [3.63, 3.8) is 0 Å². The molecule has 3 atom stereocenters. The van der Waals surface area contributed by atoms with Gasteiger partial charge in [-0.1, -0.05) is 19.3 Å². The first-order valence-electron chi connectivity index (χ1n) is 7.34. The van der Waals surface area contributed by atoms with Crippen molar-refractivity contribution in [2.45, 2.75) is 64.0 Å². The molecule has 2 aliphatic rings. The van der Waals surface area contributed by atoms with Gasteiger partial charge in [0.15, 0.2) is 0 Å². The maximum absolute atomic E-state index is 11.9. The zero-order valence-corrected chi connectivity index (χ0v) is 12.2. The Balaban J connectivity index is 2.16. The number of ether oxygens (including phenoxy) is 1. The quantitative estimate of drug-likeness (QED) is 0.795. The number of esters is 1. The highest BCUT2D eigenvalue weighted by Crippen LogP contribution is 2.39. The number of rotatable bonds is 3. The van der Waals surface area contributed by atoms with E-state index in [-0.39, 0.29) is 23.7 Å². The molecule has 1 N–H and O–H groups in total. The van der Waals surface area contributed by atoms with Crippen molar-refractivity contribution in [3.05, 3.63) is 0 Å². The lowest BCUT2D eigenvalue weighted by Gasteiger charge is -2.31. The molecule has 1 heterocycles. The van der Waals surface area contributed by atoms with Gasteiger partial charge in [-0.3, -0.25) is 14.9 Å². The van der Waals surface area contributed by atoms with Gasteiger partial charge in [-0.15, -0.1) is 0 Å². The summed E-state index contributed by atoms with van der Waals surface area (Å²) in [4.78, 5) is 23.8. The number of hydrogen-bond acceptors (Lipinski definition) is 4. The fraction of sp³-hybridized carbons (Fsp3) is 0.867. The molecule has 108 valence electrons. The van der Waals surface area contributed by atoms with E-state index < -0.39 is 5.54 Å². The normalized spacial score (nSPS) is 36.2. The summed E-state index contributed by atoms with van der Waals surface area (Å²) in [5, 5.41) is 3.42. The molecule has 2 fully saturated rings. The highest BCUT2D eigenvalue weighted by molar-refractivity contribution is 5.85. The largest absolute Gasteiger partial charge is 0.468 e. The molecule has 1 aliphatic carbocycles. The molecule has 0 aromatic carbocycles. The zero-order valence-electron chi connectivity index (χ0n) is 12.2. The van der Waals surface area contributed by atoms with E-state index >= 15 is 0 Å². The van der Waals surface area contributed by atoms with Crippen molar-refractivity contribution in [1.82, 2.24) is 5.32 Å². The van der Waals surface area contributed by atoms with E-state index in [4.69, 9.17) is 4.74 Å². The lowest BCUT2D eigenvalue weighted by molar-refractivity contribution is -0.147. The lowest BCUT2D eigenvalue weighted by Crippen LogP contribution is -2.50. The Labute approximate surface area is 115 Å². The van der Waals surface area contributed by atoms with Crippen LogP contribution in [0.3, 0.4) is 0 Å². The molecule has 0 radical (unpaired) electrons. The summed E-state index contributed by atoms with van der Waals surface area (Å²) in [6.07, 6.45) is 6.67. The van der Waals surface area contributed by atoms with Crippen molar-refractivity contribution < 1.29 is 14.3 Å². The molecule has 2 rings (SSSR count). The second-order valence-corrected chi connectivity index (χ2v) is 6.31. The summed E-state index contributed by atoms with van der Waals surface area (Å²) >= 11 is 0. The SMILES string of the molecule is COC(=O)C1(C)CC(C(C)=O)C(C2CCCCC2)N1. The van der Waals surface area contributed by atoms with Gasteiger partial charge in [0.25, 0.3) is 0 Å². The van der Waals surface area contributed by atoms with Gasteiger partial charge in [-0.2, -0.15) is 0 Å². The minimum atomic E-state index is -0.701. The Morgan fingerprint density at radius 2 is 1.84 bits per heavy atom. The molecular weight excluding hydrogens is 242 g/mol. The van der Waals surface area contributed by atoms with Crippen molar-refractivity contribution in [3.8, 4) is 0 Å². The van der Waals surface area contributed by atoms with Gasteiger partial charge in [-0.25, -0.2) is 0 Å². The highest BCUT2D eigenvalue weighted by Gasteiger charge is 2.50. The third-order valence-corrected chi connectivity index (χ3v) is 4.86. The third-order valence-electron chi connectivity index (χ3n) is 4.86. The van der Waals surface area contributed by atoms with E-state index in [1.807, 2.05) is 6.92 Å². The van der Waals surface area contributed by atoms with Gasteiger partial charge in [0, 0.05) is 12.0 Å². The van der Waals surface area contributed by atoms with E-state index in [1.54, 1.807) is 6.92 Å². The van der Waals surface area contributed by atoms with Crippen LogP contribution in [0.1, 0.15) is 52.4 Å². The summed E-state index contributed by atoms with van der Waals surface area (Å²) in [5.41, 5.74) is -0.701. The minimum absolute atomic E-state index is 0.0489. The third kappa shape index (κ3) is 2.83. The van der Waals surface area contributed by atoms with Crippen LogP contribution in [0.5, 0.6) is 0 Å². The highest BCUT2D eigenvalue weighted by atomic mass is 16.5. The Morgan fingerprint density at radius 1 is 1.21 bits per heavy atom. The van der Waals surface area contributed by atoms with Crippen LogP contribution in [0.15, 0.2) is 0 Å². The minimum Gasteiger partial charge on any atom is -0.468 e. The Morgan fingerprint density at radius 3 is 2.37 bits per heavy atom. The first-order chi connectivity index (χ1) is 8.98. The zero-order chi connectivity index (χ0) is 14.0. The van der Waals surface area contributed by atoms with Crippen molar-refractivity contribution in [1.29, 1.82) is 0 Å². The molecule has 0 aromatic heterocycles. The Kier molecular flexibility index (Phi) is 4.29. The second kappa shape index (κ2) is 5.61. The van der Waals surface area contributed by atoms with Crippen LogP contribution in [0, 0.1) is 11.8 Å². The molecule has 0 amide bonds. The maximum Gasteiger partial charge on any atom is 0.325 e. The standard InChI is InChI=1S/C15H25NO3/c1-10(17)12-9-15(2,14(18)19-3)16-13(12)11-7-5-4-6-8-11/h11-13,16H,4-9H2,1-3H3. The van der Waals surface area contributed by atoms with Crippen LogP contribution in [-0.4, -0.2) is 30.4 Å². The van der Waals surface area contributed by atoms with Crippen LogP contribution in [0.25, 0.3) is 0 Å². The number of methoxy groups -OCH3 is 1. The van der Waals surface area contributed by atoms with E-state index in [0.717, 1.165) is 0 Å². The molecule has 4 nitrogen and oxygen atoms in total. The van der Waals surface area contributed by atoms with E-state index in [2.05, 4.69) is 5.32 Å². The summed E-state index contributed by atoms with van der Waals surface area (Å²) in [7, 11) is 1.41. The second-order valence-electron chi connectivity index (χ2n) is 6.31. The van der Waals surface area contributed by atoms with Gasteiger partial charge >= 0.3 is 5.97 Å². The number of Topliss-reactive ketones (excluding diaryl/α,β-unsaturated/α-hetero) is 1. The van der Waals surface area contributed by atoms with Gasteiger partial charge in [0.2, 0.25) is 0 Å². The molecule has 0 spiro atoms. The van der Waals surface area contributed by atoms with Gasteiger partial charge in [-0.05, 0) is 39.0 Å². The van der Waals surface area contributed by atoms with E-state index in [1.165, 1.54) is 39.2 Å². The Hall–Kier alpha value is -0.900. The number of ketones is 1. The number of nitrogens with one attached hydrogen (secondary N) is 1. The van der Waals surface area contributed by atoms with Crippen LogP contribution in [-0.2, 0) is 14.3 Å². The first kappa shape index (κ1) is 14.5. The smallest absolute Gasteiger partial charge is 0.325 e. The average molecular weight is 267 g/mol. The van der Waals surface area contributed by atoms with Gasteiger partial charge in [0.05, 0.1) is 7.11 Å². The van der Waals surface area contributed by atoms with Crippen LogP contribution < -0.4 is 5.32 Å². The molecule has 3 unspecified atom stereocenters. The Bertz CT molecular complexity index is 362. The molecule has 19 heavy (non-hydrogen) atoms. The lowest BCUT2D eigenvalue weighted by atomic mass is 9.78. The fourth-order valence-corrected chi connectivity index (χ4v) is 3.80. The molecular formula is C15H25NO3. The monoisotopic (exact) mass is 267 g/mol. The number of carbonyl (C=O) groups is 2. The van der Waals surface area contributed by atoms with Crippen LogP contribution in [0.2, 0.25) is 0 Å². The molecule has 0 bridgehead atoms. The fourth-order valence-electron chi connectivity index (χ4n) is 3.80. The van der Waals surface area contributed by atoms with Crippen molar-refractivity contribution in [2.75, 3.05) is 7.11 Å². The number of carbonyl (C=O) groups excluding carboxylic acids is 2. The maximum atomic E-state index is 11.9. The van der Waals surface area contributed by atoms with E-state index in [0.29, 0.717) is 12.3 Å². The molecule has 1 aliphatic heterocycles. The van der Waals surface area contributed by atoms with E-state index in [9.17, 15) is 9.59 Å². The predicted molar refractivity (Wildman–Crippen MR) is 72.7 cm³/mol. The molecule has 1 saturated heterocycles. The van der Waals surface area contributed by atoms with Crippen LogP contribution >= 0.6 is 0 Å². The van der Waals surface area contributed by atoms with Crippen LogP contribution in [0.4, 0.5) is 0 Å². The summed E-state index contributed by atoms with van der Waals surface area (Å²) in [6, 6.07) is 0.141. The van der Waals surface area contributed by atoms with Crippen molar-refractivity contribution in [2.24, 2.45) is 11.8 Å². The topological polar surface area (TPSA) is 55.4 Å².